The van der Waals surface area contributed by atoms with Crippen molar-refractivity contribution in [3.8, 4) is 5.75 Å². The van der Waals surface area contributed by atoms with Gasteiger partial charge >= 0.3 is 12.2 Å². The summed E-state index contributed by atoms with van der Waals surface area (Å²) in [5.74, 6) is 0.407. The fourth-order valence-electron chi connectivity index (χ4n) is 3.28. The van der Waals surface area contributed by atoms with E-state index in [1.807, 2.05) is 6.92 Å². The van der Waals surface area contributed by atoms with Crippen molar-refractivity contribution in [3.05, 3.63) is 83.4 Å². The first kappa shape index (κ1) is 26.1. The normalized spacial score (nSPS) is 11.7. The van der Waals surface area contributed by atoms with Gasteiger partial charge in [0.1, 0.15) is 5.75 Å². The number of aryl methyl sites for hydroxylation is 1. The van der Waals surface area contributed by atoms with E-state index in [0.29, 0.717) is 23.5 Å². The number of hydrogen-bond acceptors (Lipinski definition) is 4. The van der Waals surface area contributed by atoms with E-state index in [1.165, 1.54) is 24.3 Å². The van der Waals surface area contributed by atoms with Crippen molar-refractivity contribution >= 4 is 27.2 Å². The van der Waals surface area contributed by atoms with Gasteiger partial charge in [-0.3, -0.25) is 0 Å². The molecule has 0 fully saturated rings. The van der Waals surface area contributed by atoms with Crippen LogP contribution in [0.3, 0.4) is 0 Å². The number of carbonyl (C=O) groups is 1. The third-order valence-electron chi connectivity index (χ3n) is 4.98. The molecule has 0 aliphatic heterocycles. The lowest BCUT2D eigenvalue weighted by molar-refractivity contribution is -0.137. The molecule has 3 aromatic rings. The molecule has 0 bridgehead atoms. The Balaban J connectivity index is 1.72. The SMILES string of the molecule is CCCOc1ccc(CS(=O)(=O)c2cc(NC(=O)Nc3cccc(C(F)(F)F)c3)ccc2C)cc1. The number of sulfone groups is 1. The van der Waals surface area contributed by atoms with Gasteiger partial charge in [0.05, 0.1) is 22.8 Å². The summed E-state index contributed by atoms with van der Waals surface area (Å²) in [5, 5.41) is 4.79. The minimum Gasteiger partial charge on any atom is -0.494 e. The Kier molecular flexibility index (Phi) is 8.06. The van der Waals surface area contributed by atoms with E-state index in [9.17, 15) is 26.4 Å². The zero-order valence-electron chi connectivity index (χ0n) is 19.1. The third-order valence-corrected chi connectivity index (χ3v) is 6.81. The average Bonchev–Trinajstić information content (AvgIpc) is 2.79. The summed E-state index contributed by atoms with van der Waals surface area (Å²) in [7, 11) is -3.75. The summed E-state index contributed by atoms with van der Waals surface area (Å²) in [4.78, 5) is 12.4. The minimum absolute atomic E-state index is 0.0423. The summed E-state index contributed by atoms with van der Waals surface area (Å²) in [6.45, 7) is 4.19. The number of anilines is 2. The number of carbonyl (C=O) groups excluding carboxylic acids is 1. The average molecular weight is 507 g/mol. The van der Waals surface area contributed by atoms with Crippen LogP contribution < -0.4 is 15.4 Å². The molecule has 0 radical (unpaired) electrons. The predicted molar refractivity (Wildman–Crippen MR) is 128 cm³/mol. The highest BCUT2D eigenvalue weighted by atomic mass is 32.2. The molecule has 0 saturated heterocycles. The molecule has 0 aliphatic rings. The first-order valence-electron chi connectivity index (χ1n) is 10.8. The quantitative estimate of drug-likeness (QED) is 0.369. The molecule has 0 spiro atoms. The van der Waals surface area contributed by atoms with Crippen LogP contribution in [0, 0.1) is 6.92 Å². The number of alkyl halides is 3. The Morgan fingerprint density at radius 1 is 0.943 bits per heavy atom. The number of amides is 2. The van der Waals surface area contributed by atoms with E-state index in [2.05, 4.69) is 10.6 Å². The lowest BCUT2D eigenvalue weighted by Crippen LogP contribution is -2.20. The van der Waals surface area contributed by atoms with Crippen LogP contribution in [0.4, 0.5) is 29.3 Å². The van der Waals surface area contributed by atoms with Gasteiger partial charge in [-0.1, -0.05) is 31.2 Å². The lowest BCUT2D eigenvalue weighted by atomic mass is 10.2. The lowest BCUT2D eigenvalue weighted by Gasteiger charge is -2.13. The second-order valence-electron chi connectivity index (χ2n) is 7.89. The van der Waals surface area contributed by atoms with Crippen molar-refractivity contribution in [1.29, 1.82) is 0 Å². The topological polar surface area (TPSA) is 84.5 Å². The monoisotopic (exact) mass is 506 g/mol. The van der Waals surface area contributed by atoms with E-state index in [4.69, 9.17) is 4.74 Å². The highest BCUT2D eigenvalue weighted by Gasteiger charge is 2.30. The molecule has 10 heteroatoms. The molecular formula is C25H25F3N2O4S. The molecule has 2 N–H and O–H groups in total. The highest BCUT2D eigenvalue weighted by molar-refractivity contribution is 7.90. The number of rotatable bonds is 8. The van der Waals surface area contributed by atoms with Gasteiger partial charge in [0.15, 0.2) is 9.84 Å². The molecule has 0 heterocycles. The Hall–Kier alpha value is -3.53. The third kappa shape index (κ3) is 7.22. The molecule has 0 atom stereocenters. The molecule has 35 heavy (non-hydrogen) atoms. The van der Waals surface area contributed by atoms with Crippen LogP contribution in [-0.4, -0.2) is 21.1 Å². The van der Waals surface area contributed by atoms with Crippen molar-refractivity contribution in [2.75, 3.05) is 17.2 Å². The van der Waals surface area contributed by atoms with Gasteiger partial charge in [0.25, 0.3) is 0 Å². The van der Waals surface area contributed by atoms with E-state index in [0.717, 1.165) is 18.6 Å². The van der Waals surface area contributed by atoms with Crippen LogP contribution >= 0.6 is 0 Å². The van der Waals surface area contributed by atoms with Crippen molar-refractivity contribution in [2.24, 2.45) is 0 Å². The molecule has 2 amide bonds. The minimum atomic E-state index is -4.54. The van der Waals surface area contributed by atoms with Gasteiger partial charge < -0.3 is 15.4 Å². The highest BCUT2D eigenvalue weighted by Crippen LogP contribution is 2.31. The van der Waals surface area contributed by atoms with Gasteiger partial charge in [-0.25, -0.2) is 13.2 Å². The molecule has 0 aromatic heterocycles. The zero-order chi connectivity index (χ0) is 25.6. The fraction of sp³-hybridized carbons (Fsp3) is 0.240. The predicted octanol–water partition coefficient (Wildman–Crippen LogP) is 6.42. The summed E-state index contributed by atoms with van der Waals surface area (Å²) in [5.41, 5.74) is 0.306. The molecule has 6 nitrogen and oxygen atoms in total. The molecule has 3 rings (SSSR count). The standard InChI is InChI=1S/C25H25F3N2O4S/c1-3-13-34-22-11-8-18(9-12-22)16-35(32,33)23-15-21(10-7-17(23)2)30-24(31)29-20-6-4-5-19(14-20)25(26,27)28/h4-12,14-15H,3,13,16H2,1-2H3,(H2,29,30,31). The first-order chi connectivity index (χ1) is 16.5. The molecule has 3 aromatic carbocycles. The molecule has 186 valence electrons. The second kappa shape index (κ2) is 10.8. The van der Waals surface area contributed by atoms with Crippen molar-refractivity contribution < 1.29 is 31.1 Å². The molecule has 0 saturated carbocycles. The van der Waals surface area contributed by atoms with E-state index in [1.54, 1.807) is 37.3 Å². The maximum absolute atomic E-state index is 13.1. The first-order valence-corrected chi connectivity index (χ1v) is 12.4. The Morgan fingerprint density at radius 3 is 2.23 bits per heavy atom. The summed E-state index contributed by atoms with van der Waals surface area (Å²) in [6.07, 6.45) is -3.69. The van der Waals surface area contributed by atoms with Crippen LogP contribution in [-0.2, 0) is 21.8 Å². The number of benzene rings is 3. The van der Waals surface area contributed by atoms with Crippen LogP contribution in [0.2, 0.25) is 0 Å². The van der Waals surface area contributed by atoms with Gasteiger partial charge in [-0.15, -0.1) is 0 Å². The van der Waals surface area contributed by atoms with Crippen LogP contribution in [0.1, 0.15) is 30.0 Å². The Morgan fingerprint density at radius 2 is 1.60 bits per heavy atom. The van der Waals surface area contributed by atoms with Gasteiger partial charge in [-0.2, -0.15) is 13.2 Å². The van der Waals surface area contributed by atoms with Crippen LogP contribution in [0.15, 0.2) is 71.6 Å². The maximum Gasteiger partial charge on any atom is 0.416 e. The summed E-state index contributed by atoms with van der Waals surface area (Å²) in [6, 6.07) is 14.6. The Labute approximate surface area is 202 Å². The van der Waals surface area contributed by atoms with E-state index in [-0.39, 0.29) is 22.0 Å². The number of ether oxygens (including phenoxy) is 1. The second-order valence-corrected chi connectivity index (χ2v) is 9.85. The van der Waals surface area contributed by atoms with Crippen LogP contribution in [0.5, 0.6) is 5.75 Å². The van der Waals surface area contributed by atoms with Crippen molar-refractivity contribution in [3.63, 3.8) is 0 Å². The molecule has 0 aliphatic carbocycles. The number of nitrogens with one attached hydrogen (secondary N) is 2. The van der Waals surface area contributed by atoms with Crippen LogP contribution in [0.25, 0.3) is 0 Å². The van der Waals surface area contributed by atoms with Gasteiger partial charge in [0.2, 0.25) is 0 Å². The summed E-state index contributed by atoms with van der Waals surface area (Å²) >= 11 is 0. The number of halogens is 3. The van der Waals surface area contributed by atoms with Gasteiger partial charge in [-0.05, 0) is 66.9 Å². The van der Waals surface area contributed by atoms with E-state index >= 15 is 0 Å². The summed E-state index contributed by atoms with van der Waals surface area (Å²) < 4.78 is 70.3. The molecule has 0 unspecified atom stereocenters. The zero-order valence-corrected chi connectivity index (χ0v) is 20.0. The smallest absolute Gasteiger partial charge is 0.416 e. The largest absolute Gasteiger partial charge is 0.494 e. The maximum atomic E-state index is 13.1. The van der Waals surface area contributed by atoms with Crippen molar-refractivity contribution in [2.45, 2.75) is 37.1 Å². The molecular weight excluding hydrogens is 481 g/mol. The van der Waals surface area contributed by atoms with E-state index < -0.39 is 27.6 Å². The number of urea groups is 1. The number of hydrogen-bond donors (Lipinski definition) is 2. The van der Waals surface area contributed by atoms with Gasteiger partial charge in [0, 0.05) is 11.4 Å². The Bertz CT molecular complexity index is 1290. The van der Waals surface area contributed by atoms with Crippen molar-refractivity contribution in [1.82, 2.24) is 0 Å². The fourth-order valence-corrected chi connectivity index (χ4v) is 4.93.